The second-order valence-electron chi connectivity index (χ2n) is 8.13. The number of carbonyl (C=O) groups excluding carboxylic acids is 2. The molecular weight excluding hydrogens is 394 g/mol. The van der Waals surface area contributed by atoms with Crippen LogP contribution in [0, 0.1) is 20.8 Å². The molecule has 0 fully saturated rings. The number of H-pyrrole nitrogens is 1. The van der Waals surface area contributed by atoms with E-state index in [-0.39, 0.29) is 35.2 Å². The van der Waals surface area contributed by atoms with Crippen molar-refractivity contribution in [2.24, 2.45) is 0 Å². The lowest BCUT2D eigenvalue weighted by Crippen LogP contribution is -2.38. The van der Waals surface area contributed by atoms with Crippen molar-refractivity contribution in [3.05, 3.63) is 96.1 Å². The number of carbonyl (C=O) groups is 2. The number of rotatable bonds is 6. The number of aromatic amines is 1. The second kappa shape index (κ2) is 8.63. The van der Waals surface area contributed by atoms with Crippen LogP contribution in [0.15, 0.2) is 39.9 Å². The van der Waals surface area contributed by atoms with Gasteiger partial charge in [0.05, 0.1) is 6.54 Å². The molecule has 0 saturated carbocycles. The minimum Gasteiger partial charge on any atom is -0.296 e. The summed E-state index contributed by atoms with van der Waals surface area (Å²) < 4.78 is 1.28. The lowest BCUT2D eigenvalue weighted by atomic mass is 9.95. The van der Waals surface area contributed by atoms with Crippen molar-refractivity contribution in [3.63, 3.8) is 0 Å². The van der Waals surface area contributed by atoms with Crippen molar-refractivity contribution in [1.29, 1.82) is 0 Å². The van der Waals surface area contributed by atoms with Gasteiger partial charge in [-0.15, -0.1) is 0 Å². The predicted molar refractivity (Wildman–Crippen MR) is 118 cm³/mol. The highest BCUT2D eigenvalue weighted by Crippen LogP contribution is 2.20. The van der Waals surface area contributed by atoms with Gasteiger partial charge >= 0.3 is 5.69 Å². The van der Waals surface area contributed by atoms with Gasteiger partial charge in [-0.2, -0.15) is 0 Å². The zero-order valence-corrected chi connectivity index (χ0v) is 18.3. The highest BCUT2D eigenvalue weighted by Gasteiger charge is 2.25. The van der Waals surface area contributed by atoms with E-state index in [2.05, 4.69) is 9.97 Å². The number of ketones is 1. The van der Waals surface area contributed by atoms with Crippen LogP contribution < -0.4 is 11.2 Å². The summed E-state index contributed by atoms with van der Waals surface area (Å²) in [7, 11) is 0. The Kier molecular flexibility index (Phi) is 6.15. The molecule has 3 rings (SSSR count). The fraction of sp³-hybridized carbons (Fsp3) is 0.292. The Morgan fingerprint density at radius 2 is 1.71 bits per heavy atom. The molecule has 1 aromatic carbocycles. The number of benzene rings is 1. The van der Waals surface area contributed by atoms with Gasteiger partial charge in [0.15, 0.2) is 6.29 Å². The third-order valence-electron chi connectivity index (χ3n) is 5.01. The van der Waals surface area contributed by atoms with E-state index >= 15 is 0 Å². The Balaban J connectivity index is 2.29. The number of aromatic nitrogens is 3. The summed E-state index contributed by atoms with van der Waals surface area (Å²) in [6.07, 6.45) is 0.632. The molecule has 7 nitrogen and oxygen atoms in total. The molecule has 2 aromatic heterocycles. The van der Waals surface area contributed by atoms with Gasteiger partial charge < -0.3 is 0 Å². The first kappa shape index (κ1) is 22.1. The van der Waals surface area contributed by atoms with Crippen molar-refractivity contribution >= 4 is 12.1 Å². The van der Waals surface area contributed by atoms with Crippen LogP contribution in [0.4, 0.5) is 0 Å². The zero-order valence-electron chi connectivity index (χ0n) is 18.3. The van der Waals surface area contributed by atoms with Gasteiger partial charge in [-0.05, 0) is 56.5 Å². The molecule has 0 atom stereocenters. The molecule has 0 saturated heterocycles. The highest BCUT2D eigenvalue weighted by atomic mass is 16.2. The Hall–Kier alpha value is -3.61. The van der Waals surface area contributed by atoms with E-state index in [1.165, 1.54) is 4.57 Å². The molecule has 2 heterocycles. The Bertz CT molecular complexity index is 1280. The number of aldehydes is 1. The molecule has 0 bridgehead atoms. The molecule has 0 aliphatic heterocycles. The number of hydrogen-bond donors (Lipinski definition) is 1. The lowest BCUT2D eigenvalue weighted by Gasteiger charge is -2.18. The average Bonchev–Trinajstić information content (AvgIpc) is 2.67. The fourth-order valence-electron chi connectivity index (χ4n) is 3.86. The molecule has 31 heavy (non-hydrogen) atoms. The van der Waals surface area contributed by atoms with Gasteiger partial charge in [0.1, 0.15) is 11.4 Å². The number of aryl methyl sites for hydroxylation is 3. The van der Waals surface area contributed by atoms with E-state index in [9.17, 15) is 19.2 Å². The molecule has 0 spiro atoms. The monoisotopic (exact) mass is 419 g/mol. The van der Waals surface area contributed by atoms with Crippen LogP contribution in [0.2, 0.25) is 0 Å². The molecule has 0 radical (unpaired) electrons. The minimum absolute atomic E-state index is 0.0193. The summed E-state index contributed by atoms with van der Waals surface area (Å²) in [5.74, 6) is -0.676. The van der Waals surface area contributed by atoms with E-state index in [0.29, 0.717) is 23.1 Å². The van der Waals surface area contributed by atoms with E-state index in [1.807, 2.05) is 19.9 Å². The Morgan fingerprint density at radius 3 is 2.29 bits per heavy atom. The topological polar surface area (TPSA) is 102 Å². The van der Waals surface area contributed by atoms with Crippen molar-refractivity contribution in [2.75, 3.05) is 0 Å². The van der Waals surface area contributed by atoms with Crippen LogP contribution in [0.5, 0.6) is 0 Å². The molecule has 160 valence electrons. The molecule has 3 aromatic rings. The molecule has 0 aliphatic rings. The maximum Gasteiger partial charge on any atom is 0.329 e. The van der Waals surface area contributed by atoms with Crippen LogP contribution in [0.3, 0.4) is 0 Å². The van der Waals surface area contributed by atoms with E-state index in [4.69, 9.17) is 0 Å². The Labute approximate surface area is 179 Å². The molecule has 1 N–H and O–H groups in total. The molecule has 0 amide bonds. The van der Waals surface area contributed by atoms with Crippen molar-refractivity contribution in [2.45, 2.75) is 47.1 Å². The van der Waals surface area contributed by atoms with Gasteiger partial charge in [-0.25, -0.2) is 4.79 Å². The molecule has 0 unspecified atom stereocenters. The third-order valence-corrected chi connectivity index (χ3v) is 5.01. The van der Waals surface area contributed by atoms with Crippen LogP contribution in [-0.2, 0) is 6.54 Å². The van der Waals surface area contributed by atoms with Gasteiger partial charge in [0.25, 0.3) is 5.56 Å². The van der Waals surface area contributed by atoms with Crippen molar-refractivity contribution in [1.82, 2.24) is 14.5 Å². The number of pyridine rings is 1. The summed E-state index contributed by atoms with van der Waals surface area (Å²) in [6.45, 7) is 9.15. The van der Waals surface area contributed by atoms with Crippen LogP contribution in [0.25, 0.3) is 0 Å². The maximum atomic E-state index is 13.6. The quantitative estimate of drug-likeness (QED) is 0.489. The maximum absolute atomic E-state index is 13.6. The minimum atomic E-state index is -0.677. The van der Waals surface area contributed by atoms with E-state index in [1.54, 1.807) is 45.0 Å². The highest BCUT2D eigenvalue weighted by molar-refractivity contribution is 6.09. The first-order chi connectivity index (χ1) is 14.6. The third kappa shape index (κ3) is 4.60. The molecule has 0 aliphatic carbocycles. The van der Waals surface area contributed by atoms with Crippen LogP contribution >= 0.6 is 0 Å². The summed E-state index contributed by atoms with van der Waals surface area (Å²) in [5, 5.41) is 0. The predicted octanol–water partition coefficient (Wildman–Crippen LogP) is 3.07. The normalized spacial score (nSPS) is 11.0. The van der Waals surface area contributed by atoms with Gasteiger partial charge in [0, 0.05) is 16.8 Å². The van der Waals surface area contributed by atoms with Crippen LogP contribution in [-0.4, -0.2) is 26.6 Å². The zero-order chi connectivity index (χ0) is 22.9. The van der Waals surface area contributed by atoms with Crippen LogP contribution in [0.1, 0.15) is 74.3 Å². The summed E-state index contributed by atoms with van der Waals surface area (Å²) in [6, 6.07) is 8.75. The number of hydrogen-bond acceptors (Lipinski definition) is 5. The Morgan fingerprint density at radius 1 is 1.06 bits per heavy atom. The van der Waals surface area contributed by atoms with Gasteiger partial charge in [0.2, 0.25) is 5.78 Å². The van der Waals surface area contributed by atoms with E-state index < -0.39 is 11.2 Å². The summed E-state index contributed by atoms with van der Waals surface area (Å²) in [5.41, 5.74) is 2.79. The standard InChI is InChI=1S/C24H25N3O4/c1-13(2)20-21(22(29)18-7-14(3)6-15(4)8-18)27(24(31)26-23(20)30)11-17-9-16(5)25-19(10-17)12-28/h6-10,12-13H,11H2,1-5H3,(H,26,30,31). The number of nitrogens with one attached hydrogen (secondary N) is 1. The van der Waals surface area contributed by atoms with Gasteiger partial charge in [-0.1, -0.05) is 31.0 Å². The lowest BCUT2D eigenvalue weighted by molar-refractivity contribution is 0.102. The first-order valence-corrected chi connectivity index (χ1v) is 10.0. The number of nitrogens with zero attached hydrogens (tertiary/aromatic N) is 2. The van der Waals surface area contributed by atoms with E-state index in [0.717, 1.165) is 11.1 Å². The first-order valence-electron chi connectivity index (χ1n) is 10.0. The smallest absolute Gasteiger partial charge is 0.296 e. The second-order valence-corrected chi connectivity index (χ2v) is 8.13. The molecule has 7 heteroatoms. The SMILES string of the molecule is Cc1cc(C)cc(C(=O)c2c(C(C)C)c(=O)[nH]c(=O)n2Cc2cc(C)nc(C=O)c2)c1. The van der Waals surface area contributed by atoms with Crippen molar-refractivity contribution < 1.29 is 9.59 Å². The largest absolute Gasteiger partial charge is 0.329 e. The summed E-state index contributed by atoms with van der Waals surface area (Å²) in [4.78, 5) is 56.7. The fourth-order valence-corrected chi connectivity index (χ4v) is 3.86. The van der Waals surface area contributed by atoms with Crippen molar-refractivity contribution in [3.8, 4) is 0 Å². The summed E-state index contributed by atoms with van der Waals surface area (Å²) >= 11 is 0. The van der Waals surface area contributed by atoms with Gasteiger partial charge in [-0.3, -0.25) is 28.9 Å². The average molecular weight is 419 g/mol. The molecular formula is C24H25N3O4.